The molecule has 24 heavy (non-hydrogen) atoms. The van der Waals surface area contributed by atoms with Gasteiger partial charge in [-0.15, -0.1) is 0 Å². The molecule has 0 spiro atoms. The zero-order chi connectivity index (χ0) is 18.1. The lowest BCUT2D eigenvalue weighted by molar-refractivity contribution is -0.137. The number of alkyl halides is 3. The molecule has 1 N–H and O–H groups in total. The number of benzene rings is 1. The van der Waals surface area contributed by atoms with Crippen LogP contribution in [0, 0.1) is 0 Å². The molecular formula is C14H16ClF3N2O3S. The highest BCUT2D eigenvalue weighted by Gasteiger charge is 2.35. The summed E-state index contributed by atoms with van der Waals surface area (Å²) in [5, 5.41) is 2.30. The zero-order valence-corrected chi connectivity index (χ0v) is 14.3. The molecule has 0 bridgehead atoms. The predicted molar refractivity (Wildman–Crippen MR) is 84.9 cm³/mol. The smallest absolute Gasteiger partial charge is 0.321 e. The van der Waals surface area contributed by atoms with E-state index >= 15 is 0 Å². The number of anilines is 1. The standard InChI is InChI=1S/C14H16ClF3N2O3S/c1-2-20(10-5-6-24(22,23)8-10)13(21)19-12-7-9(14(16,17)18)3-4-11(12)15/h3-4,7,10H,2,5-6,8H2,1H3,(H,19,21). The number of halogens is 4. The maximum Gasteiger partial charge on any atom is 0.416 e. The molecule has 5 nitrogen and oxygen atoms in total. The van der Waals surface area contributed by atoms with E-state index in [0.29, 0.717) is 6.42 Å². The van der Waals surface area contributed by atoms with Gasteiger partial charge < -0.3 is 10.2 Å². The van der Waals surface area contributed by atoms with Crippen molar-refractivity contribution in [3.05, 3.63) is 28.8 Å². The number of hydrogen-bond donors (Lipinski definition) is 1. The van der Waals surface area contributed by atoms with Gasteiger partial charge in [0.25, 0.3) is 0 Å². The van der Waals surface area contributed by atoms with Crippen molar-refractivity contribution in [3.63, 3.8) is 0 Å². The zero-order valence-electron chi connectivity index (χ0n) is 12.7. The van der Waals surface area contributed by atoms with Gasteiger partial charge in [-0.1, -0.05) is 11.6 Å². The van der Waals surface area contributed by atoms with Gasteiger partial charge in [-0.2, -0.15) is 13.2 Å². The fourth-order valence-electron chi connectivity index (χ4n) is 2.57. The second kappa shape index (κ2) is 6.79. The predicted octanol–water partition coefficient (Wildman–Crippen LogP) is 3.40. The number of rotatable bonds is 3. The van der Waals surface area contributed by atoms with Gasteiger partial charge in [-0.25, -0.2) is 13.2 Å². The third-order valence-electron chi connectivity index (χ3n) is 3.79. The number of hydrogen-bond acceptors (Lipinski definition) is 3. The lowest BCUT2D eigenvalue weighted by Crippen LogP contribution is -2.43. The molecule has 1 heterocycles. The van der Waals surface area contributed by atoms with Crippen molar-refractivity contribution in [1.29, 1.82) is 0 Å². The molecule has 1 aliphatic heterocycles. The Labute approximate surface area is 142 Å². The second-order valence-corrected chi connectivity index (χ2v) is 8.10. The lowest BCUT2D eigenvalue weighted by atomic mass is 10.2. The van der Waals surface area contributed by atoms with Crippen LogP contribution in [0.15, 0.2) is 18.2 Å². The van der Waals surface area contributed by atoms with Crippen LogP contribution >= 0.6 is 11.6 Å². The highest BCUT2D eigenvalue weighted by Crippen LogP contribution is 2.34. The third kappa shape index (κ3) is 4.32. The minimum Gasteiger partial charge on any atom is -0.321 e. The van der Waals surface area contributed by atoms with Gasteiger partial charge in [0.05, 0.1) is 27.8 Å². The first-order chi connectivity index (χ1) is 11.0. The summed E-state index contributed by atoms with van der Waals surface area (Å²) in [5.74, 6) is -0.156. The summed E-state index contributed by atoms with van der Waals surface area (Å²) in [6.07, 6.45) is -4.26. The van der Waals surface area contributed by atoms with Crippen LogP contribution in [-0.4, -0.2) is 43.4 Å². The molecule has 1 aromatic rings. The van der Waals surface area contributed by atoms with Crippen molar-refractivity contribution < 1.29 is 26.4 Å². The lowest BCUT2D eigenvalue weighted by Gasteiger charge is -2.27. The molecule has 0 radical (unpaired) electrons. The number of nitrogens with one attached hydrogen (secondary N) is 1. The Hall–Kier alpha value is -1.48. The Morgan fingerprint density at radius 2 is 2.08 bits per heavy atom. The first-order valence-electron chi connectivity index (χ1n) is 7.18. The van der Waals surface area contributed by atoms with Crippen LogP contribution in [0.5, 0.6) is 0 Å². The van der Waals surface area contributed by atoms with Gasteiger partial charge in [0.2, 0.25) is 0 Å². The Bertz CT molecular complexity index is 737. The SMILES string of the molecule is CCN(C(=O)Nc1cc(C(F)(F)F)ccc1Cl)C1CCS(=O)(=O)C1. The summed E-state index contributed by atoms with van der Waals surface area (Å²) in [7, 11) is -3.19. The number of carbonyl (C=O) groups is 1. The van der Waals surface area contributed by atoms with E-state index < -0.39 is 33.6 Å². The van der Waals surface area contributed by atoms with Crippen LogP contribution in [0.25, 0.3) is 0 Å². The van der Waals surface area contributed by atoms with Gasteiger partial charge in [-0.05, 0) is 31.5 Å². The maximum atomic E-state index is 12.8. The summed E-state index contributed by atoms with van der Waals surface area (Å²) in [6, 6.07) is 1.44. The van der Waals surface area contributed by atoms with E-state index in [-0.39, 0.29) is 28.8 Å². The van der Waals surface area contributed by atoms with Gasteiger partial charge in [0.15, 0.2) is 9.84 Å². The molecule has 1 aromatic carbocycles. The molecule has 1 atom stereocenters. The second-order valence-electron chi connectivity index (χ2n) is 5.47. The summed E-state index contributed by atoms with van der Waals surface area (Å²) < 4.78 is 61.4. The number of carbonyl (C=O) groups excluding carboxylic acids is 1. The fourth-order valence-corrected chi connectivity index (χ4v) is 4.47. The molecule has 1 unspecified atom stereocenters. The molecular weight excluding hydrogens is 369 g/mol. The van der Waals surface area contributed by atoms with Crippen LogP contribution < -0.4 is 5.32 Å². The van der Waals surface area contributed by atoms with E-state index in [4.69, 9.17) is 11.6 Å². The van der Waals surface area contributed by atoms with Crippen LogP contribution in [0.1, 0.15) is 18.9 Å². The number of amides is 2. The molecule has 2 amide bonds. The van der Waals surface area contributed by atoms with Crippen LogP contribution in [0.4, 0.5) is 23.7 Å². The van der Waals surface area contributed by atoms with Crippen molar-refractivity contribution >= 4 is 33.2 Å². The van der Waals surface area contributed by atoms with Crippen LogP contribution in [0.2, 0.25) is 5.02 Å². The van der Waals surface area contributed by atoms with Crippen LogP contribution in [0.3, 0.4) is 0 Å². The van der Waals surface area contributed by atoms with E-state index in [0.717, 1.165) is 18.2 Å². The minimum atomic E-state index is -4.56. The van der Waals surface area contributed by atoms with Crippen molar-refractivity contribution in [3.8, 4) is 0 Å². The van der Waals surface area contributed by atoms with E-state index in [1.165, 1.54) is 4.90 Å². The first kappa shape index (κ1) is 18.9. The number of urea groups is 1. The van der Waals surface area contributed by atoms with Gasteiger partial charge in [-0.3, -0.25) is 0 Å². The Morgan fingerprint density at radius 3 is 2.58 bits per heavy atom. The average molecular weight is 385 g/mol. The summed E-state index contributed by atoms with van der Waals surface area (Å²) in [4.78, 5) is 13.6. The van der Waals surface area contributed by atoms with Crippen molar-refractivity contribution in [2.24, 2.45) is 0 Å². The molecule has 10 heteroatoms. The monoisotopic (exact) mass is 384 g/mol. The molecule has 2 rings (SSSR count). The quantitative estimate of drug-likeness (QED) is 0.868. The largest absolute Gasteiger partial charge is 0.416 e. The molecule has 1 saturated heterocycles. The van der Waals surface area contributed by atoms with Crippen molar-refractivity contribution in [1.82, 2.24) is 4.90 Å². The first-order valence-corrected chi connectivity index (χ1v) is 9.38. The number of sulfone groups is 1. The topological polar surface area (TPSA) is 66.5 Å². The van der Waals surface area contributed by atoms with Crippen LogP contribution in [-0.2, 0) is 16.0 Å². The van der Waals surface area contributed by atoms with Crippen molar-refractivity contribution in [2.75, 3.05) is 23.4 Å². The third-order valence-corrected chi connectivity index (χ3v) is 5.87. The Kier molecular flexibility index (Phi) is 5.34. The maximum absolute atomic E-state index is 12.8. The minimum absolute atomic E-state index is 0.00817. The summed E-state index contributed by atoms with van der Waals surface area (Å²) in [6.45, 7) is 1.89. The normalized spacial score (nSPS) is 20.0. The molecule has 1 fully saturated rings. The van der Waals surface area contributed by atoms with E-state index in [1.54, 1.807) is 6.92 Å². The molecule has 134 valence electrons. The van der Waals surface area contributed by atoms with E-state index in [1.807, 2.05) is 0 Å². The molecule has 0 aromatic heterocycles. The highest BCUT2D eigenvalue weighted by molar-refractivity contribution is 7.91. The molecule has 1 aliphatic rings. The van der Waals surface area contributed by atoms with Crippen molar-refractivity contribution in [2.45, 2.75) is 25.6 Å². The molecule has 0 aliphatic carbocycles. The van der Waals surface area contributed by atoms with Gasteiger partial charge in [0, 0.05) is 12.6 Å². The fraction of sp³-hybridized carbons (Fsp3) is 0.500. The number of nitrogens with zero attached hydrogens (tertiary/aromatic N) is 1. The van der Waals surface area contributed by atoms with Gasteiger partial charge >= 0.3 is 12.2 Å². The van der Waals surface area contributed by atoms with E-state index in [9.17, 15) is 26.4 Å². The molecule has 0 saturated carbocycles. The summed E-state index contributed by atoms with van der Waals surface area (Å²) >= 11 is 5.85. The highest BCUT2D eigenvalue weighted by atomic mass is 35.5. The van der Waals surface area contributed by atoms with E-state index in [2.05, 4.69) is 5.32 Å². The average Bonchev–Trinajstić information content (AvgIpc) is 2.81. The van der Waals surface area contributed by atoms with Gasteiger partial charge in [0.1, 0.15) is 0 Å². The summed E-state index contributed by atoms with van der Waals surface area (Å²) in [5.41, 5.74) is -1.11. The Balaban J connectivity index is 2.19. The Morgan fingerprint density at radius 1 is 1.42 bits per heavy atom.